The lowest BCUT2D eigenvalue weighted by Gasteiger charge is -2.31. The van der Waals surface area contributed by atoms with E-state index in [0.717, 1.165) is 24.7 Å². The smallest absolute Gasteiger partial charge is 0.122 e. The van der Waals surface area contributed by atoms with Crippen molar-refractivity contribution in [2.24, 2.45) is 17.7 Å². The van der Waals surface area contributed by atoms with Crippen LogP contribution in [-0.2, 0) is 6.42 Å². The molecule has 1 heterocycles. The van der Waals surface area contributed by atoms with Crippen LogP contribution in [-0.4, -0.2) is 12.6 Å². The lowest BCUT2D eigenvalue weighted by atomic mass is 9.88. The Labute approximate surface area is 102 Å². The largest absolute Gasteiger partial charge is 0.493 e. The summed E-state index contributed by atoms with van der Waals surface area (Å²) in [6.45, 7) is 0.790. The monoisotopic (exact) mass is 232 g/mol. The summed E-state index contributed by atoms with van der Waals surface area (Å²) in [4.78, 5) is 0. The molecule has 1 aromatic carbocycles. The molecule has 0 amide bonds. The van der Waals surface area contributed by atoms with Crippen molar-refractivity contribution >= 4 is 0 Å². The first-order valence-electron chi connectivity index (χ1n) is 6.53. The average molecular weight is 232 g/mol. The number of hydrazine groups is 1. The first kappa shape index (κ1) is 11.1. The van der Waals surface area contributed by atoms with Gasteiger partial charge in [-0.25, -0.2) is 0 Å². The van der Waals surface area contributed by atoms with Gasteiger partial charge < -0.3 is 4.74 Å². The highest BCUT2D eigenvalue weighted by Crippen LogP contribution is 2.36. The van der Waals surface area contributed by atoms with Gasteiger partial charge in [-0.15, -0.1) is 0 Å². The fourth-order valence-corrected chi connectivity index (χ4v) is 2.72. The van der Waals surface area contributed by atoms with Crippen molar-refractivity contribution in [1.29, 1.82) is 0 Å². The summed E-state index contributed by atoms with van der Waals surface area (Å²) in [5.41, 5.74) is 4.31. The van der Waals surface area contributed by atoms with E-state index in [4.69, 9.17) is 10.6 Å². The second kappa shape index (κ2) is 4.67. The summed E-state index contributed by atoms with van der Waals surface area (Å²) in [5.74, 6) is 8.15. The average Bonchev–Trinajstić information content (AvgIpc) is 3.19. The molecule has 3 rings (SSSR count). The first-order valence-corrected chi connectivity index (χ1v) is 6.53. The molecule has 3 N–H and O–H groups in total. The number of hydrogen-bond acceptors (Lipinski definition) is 3. The Bertz CT molecular complexity index is 390. The number of ether oxygens (including phenoxy) is 1. The SMILES string of the molecule is NNC(CC1CC1)C1COc2ccccc2C1. The van der Waals surface area contributed by atoms with Crippen LogP contribution < -0.4 is 16.0 Å². The number of fused-ring (bicyclic) bond motifs is 1. The second-order valence-corrected chi connectivity index (χ2v) is 5.34. The van der Waals surface area contributed by atoms with Crippen molar-refractivity contribution in [1.82, 2.24) is 5.43 Å². The topological polar surface area (TPSA) is 47.3 Å². The molecule has 3 nitrogen and oxygen atoms in total. The standard InChI is InChI=1S/C14H20N2O/c15-16-13(7-10-5-6-10)12-8-11-3-1-2-4-14(11)17-9-12/h1-4,10,12-13,16H,5-9,15H2. The molecule has 1 saturated carbocycles. The summed E-state index contributed by atoms with van der Waals surface area (Å²) < 4.78 is 5.83. The van der Waals surface area contributed by atoms with Crippen LogP contribution in [0.25, 0.3) is 0 Å². The Morgan fingerprint density at radius 3 is 2.94 bits per heavy atom. The number of hydrogen-bond donors (Lipinski definition) is 2. The lowest BCUT2D eigenvalue weighted by Crippen LogP contribution is -2.45. The minimum atomic E-state index is 0.399. The van der Waals surface area contributed by atoms with Gasteiger partial charge in [-0.3, -0.25) is 11.3 Å². The van der Waals surface area contributed by atoms with Crippen LogP contribution in [0.3, 0.4) is 0 Å². The van der Waals surface area contributed by atoms with Gasteiger partial charge >= 0.3 is 0 Å². The van der Waals surface area contributed by atoms with Crippen molar-refractivity contribution in [3.63, 3.8) is 0 Å². The van der Waals surface area contributed by atoms with E-state index in [0.29, 0.717) is 12.0 Å². The number of nitrogens with two attached hydrogens (primary N) is 1. The van der Waals surface area contributed by atoms with Crippen LogP contribution >= 0.6 is 0 Å². The Balaban J connectivity index is 1.69. The third-order valence-electron chi connectivity index (χ3n) is 3.97. The van der Waals surface area contributed by atoms with Crippen LogP contribution in [0, 0.1) is 11.8 Å². The van der Waals surface area contributed by atoms with Gasteiger partial charge in [-0.05, 0) is 30.4 Å². The summed E-state index contributed by atoms with van der Waals surface area (Å²) in [5, 5.41) is 0. The quantitative estimate of drug-likeness (QED) is 0.615. The minimum Gasteiger partial charge on any atom is -0.493 e. The minimum absolute atomic E-state index is 0.399. The zero-order chi connectivity index (χ0) is 11.7. The number of para-hydroxylation sites is 1. The van der Waals surface area contributed by atoms with Gasteiger partial charge in [-0.2, -0.15) is 0 Å². The van der Waals surface area contributed by atoms with E-state index in [1.807, 2.05) is 6.07 Å². The first-order chi connectivity index (χ1) is 8.36. The van der Waals surface area contributed by atoms with Gasteiger partial charge in [0.05, 0.1) is 6.61 Å². The number of rotatable bonds is 4. The molecular formula is C14H20N2O. The van der Waals surface area contributed by atoms with Crippen LogP contribution in [0.1, 0.15) is 24.8 Å². The summed E-state index contributed by atoms with van der Waals surface area (Å²) in [6.07, 6.45) is 5.04. The molecule has 0 spiro atoms. The van der Waals surface area contributed by atoms with Gasteiger partial charge in [0.15, 0.2) is 0 Å². The Kier molecular flexibility index (Phi) is 3.04. The fraction of sp³-hybridized carbons (Fsp3) is 0.571. The maximum absolute atomic E-state index is 5.83. The molecule has 1 aromatic rings. The molecule has 0 aromatic heterocycles. The van der Waals surface area contributed by atoms with Gasteiger partial charge in [0.2, 0.25) is 0 Å². The van der Waals surface area contributed by atoms with Crippen molar-refractivity contribution in [2.45, 2.75) is 31.7 Å². The lowest BCUT2D eigenvalue weighted by molar-refractivity contribution is 0.176. The molecule has 17 heavy (non-hydrogen) atoms. The molecule has 2 aliphatic rings. The van der Waals surface area contributed by atoms with E-state index in [2.05, 4.69) is 23.6 Å². The second-order valence-electron chi connectivity index (χ2n) is 5.34. The predicted molar refractivity (Wildman–Crippen MR) is 67.6 cm³/mol. The maximum atomic E-state index is 5.83. The Morgan fingerprint density at radius 2 is 2.18 bits per heavy atom. The molecule has 1 fully saturated rings. The van der Waals surface area contributed by atoms with Crippen LogP contribution in [0.15, 0.2) is 24.3 Å². The van der Waals surface area contributed by atoms with Crippen LogP contribution in [0.2, 0.25) is 0 Å². The molecule has 0 bridgehead atoms. The zero-order valence-corrected chi connectivity index (χ0v) is 10.1. The highest BCUT2D eigenvalue weighted by Gasteiger charge is 2.32. The van der Waals surface area contributed by atoms with Gasteiger partial charge in [0.1, 0.15) is 5.75 Å². The molecule has 1 aliphatic heterocycles. The van der Waals surface area contributed by atoms with E-state index in [-0.39, 0.29) is 0 Å². The van der Waals surface area contributed by atoms with E-state index in [1.54, 1.807) is 0 Å². The maximum Gasteiger partial charge on any atom is 0.122 e. The van der Waals surface area contributed by atoms with Gasteiger partial charge in [0.25, 0.3) is 0 Å². The molecule has 2 atom stereocenters. The summed E-state index contributed by atoms with van der Waals surface area (Å²) >= 11 is 0. The zero-order valence-electron chi connectivity index (χ0n) is 10.1. The highest BCUT2D eigenvalue weighted by atomic mass is 16.5. The van der Waals surface area contributed by atoms with E-state index < -0.39 is 0 Å². The fourth-order valence-electron chi connectivity index (χ4n) is 2.72. The van der Waals surface area contributed by atoms with Gasteiger partial charge in [-0.1, -0.05) is 31.0 Å². The normalized spacial score (nSPS) is 24.9. The number of nitrogens with one attached hydrogen (secondary N) is 1. The molecule has 0 saturated heterocycles. The predicted octanol–water partition coefficient (Wildman–Crippen LogP) is 1.87. The molecule has 2 unspecified atom stereocenters. The van der Waals surface area contributed by atoms with Crippen molar-refractivity contribution < 1.29 is 4.74 Å². The third kappa shape index (κ3) is 2.45. The number of benzene rings is 1. The van der Waals surface area contributed by atoms with Crippen molar-refractivity contribution in [3.8, 4) is 5.75 Å². The van der Waals surface area contributed by atoms with Gasteiger partial charge in [0, 0.05) is 12.0 Å². The summed E-state index contributed by atoms with van der Waals surface area (Å²) in [6, 6.07) is 8.72. The third-order valence-corrected chi connectivity index (χ3v) is 3.97. The molecule has 1 aliphatic carbocycles. The molecule has 3 heteroatoms. The van der Waals surface area contributed by atoms with Crippen LogP contribution in [0.4, 0.5) is 0 Å². The van der Waals surface area contributed by atoms with Crippen LogP contribution in [0.5, 0.6) is 5.75 Å². The van der Waals surface area contributed by atoms with E-state index in [9.17, 15) is 0 Å². The molecular weight excluding hydrogens is 212 g/mol. The Morgan fingerprint density at radius 1 is 1.35 bits per heavy atom. The molecule has 92 valence electrons. The van der Waals surface area contributed by atoms with Crippen molar-refractivity contribution in [2.75, 3.05) is 6.61 Å². The van der Waals surface area contributed by atoms with Crippen molar-refractivity contribution in [3.05, 3.63) is 29.8 Å². The highest BCUT2D eigenvalue weighted by molar-refractivity contribution is 5.35. The Hall–Kier alpha value is -1.06. The molecule has 0 radical (unpaired) electrons. The van der Waals surface area contributed by atoms with E-state index in [1.165, 1.54) is 24.8 Å². The van der Waals surface area contributed by atoms with E-state index >= 15 is 0 Å². The summed E-state index contributed by atoms with van der Waals surface area (Å²) in [7, 11) is 0.